The average molecular weight is 439 g/mol. The van der Waals surface area contributed by atoms with Crippen LogP contribution in [0.2, 0.25) is 10.0 Å². The average Bonchev–Trinajstić information content (AvgIpc) is 2.95. The number of fused-ring (bicyclic) bond motifs is 1. The summed E-state index contributed by atoms with van der Waals surface area (Å²) in [6.07, 6.45) is 0. The molecule has 0 aromatic heterocycles. The molecule has 3 aromatic carbocycles. The van der Waals surface area contributed by atoms with Crippen LogP contribution in [0.3, 0.4) is 0 Å². The van der Waals surface area contributed by atoms with Crippen LogP contribution in [0.5, 0.6) is 0 Å². The molecule has 5 nitrogen and oxygen atoms in total. The number of para-hydroxylation sites is 1. The third-order valence-electron chi connectivity index (χ3n) is 5.08. The second-order valence-corrected chi connectivity index (χ2v) is 7.84. The molecule has 0 aliphatic carbocycles. The standard InChI is InChI=1S/C23H16Cl2N2O3/c1-12-7-8-14(9-13(12)2)26-21(28)15-5-3-4-6-20(15)27-22(29)16-10-18(24)19(25)11-17(16)23(27)30/h3-11H,1-2H3,(H,26,28). The molecule has 0 spiro atoms. The maximum absolute atomic E-state index is 13.0. The van der Waals surface area contributed by atoms with Gasteiger partial charge in [0.25, 0.3) is 17.7 Å². The Bertz CT molecular complexity index is 1200. The van der Waals surface area contributed by atoms with Crippen molar-refractivity contribution in [2.75, 3.05) is 10.2 Å². The number of anilines is 2. The minimum Gasteiger partial charge on any atom is -0.322 e. The van der Waals surface area contributed by atoms with Crippen LogP contribution in [0, 0.1) is 13.8 Å². The number of amides is 3. The zero-order valence-electron chi connectivity index (χ0n) is 16.1. The van der Waals surface area contributed by atoms with Crippen molar-refractivity contribution in [1.29, 1.82) is 0 Å². The fourth-order valence-corrected chi connectivity index (χ4v) is 3.66. The highest BCUT2D eigenvalue weighted by Gasteiger charge is 2.39. The number of nitrogens with zero attached hydrogens (tertiary/aromatic N) is 1. The molecule has 1 N–H and O–H groups in total. The summed E-state index contributed by atoms with van der Waals surface area (Å²) in [4.78, 5) is 39.9. The summed E-state index contributed by atoms with van der Waals surface area (Å²) in [7, 11) is 0. The van der Waals surface area contributed by atoms with Gasteiger partial charge in [-0.1, -0.05) is 41.4 Å². The molecule has 0 radical (unpaired) electrons. The summed E-state index contributed by atoms with van der Waals surface area (Å²) >= 11 is 12.0. The normalized spacial score (nSPS) is 12.9. The van der Waals surface area contributed by atoms with Crippen molar-refractivity contribution < 1.29 is 14.4 Å². The van der Waals surface area contributed by atoms with Crippen molar-refractivity contribution in [3.8, 4) is 0 Å². The molecule has 0 saturated heterocycles. The number of imide groups is 1. The summed E-state index contributed by atoms with van der Waals surface area (Å²) in [6.45, 7) is 3.94. The minimum atomic E-state index is -0.556. The monoisotopic (exact) mass is 438 g/mol. The number of hydrogen-bond acceptors (Lipinski definition) is 3. The summed E-state index contributed by atoms with van der Waals surface area (Å²) in [5.74, 6) is -1.54. The van der Waals surface area contributed by atoms with Crippen molar-refractivity contribution in [2.24, 2.45) is 0 Å². The summed E-state index contributed by atoms with van der Waals surface area (Å²) in [6, 6.07) is 14.8. The van der Waals surface area contributed by atoms with Crippen LogP contribution in [-0.2, 0) is 0 Å². The lowest BCUT2D eigenvalue weighted by atomic mass is 10.1. The van der Waals surface area contributed by atoms with Crippen molar-refractivity contribution in [3.63, 3.8) is 0 Å². The van der Waals surface area contributed by atoms with E-state index >= 15 is 0 Å². The van der Waals surface area contributed by atoms with Crippen molar-refractivity contribution >= 4 is 52.3 Å². The molecule has 1 aliphatic heterocycles. The van der Waals surface area contributed by atoms with Gasteiger partial charge in [0.05, 0.1) is 32.4 Å². The Hall–Kier alpha value is -3.15. The number of halogens is 2. The van der Waals surface area contributed by atoms with E-state index in [2.05, 4.69) is 5.32 Å². The third-order valence-corrected chi connectivity index (χ3v) is 5.80. The molecule has 4 rings (SSSR count). The molecule has 7 heteroatoms. The number of carbonyl (C=O) groups is 3. The predicted octanol–water partition coefficient (Wildman–Crippen LogP) is 5.66. The van der Waals surface area contributed by atoms with Gasteiger partial charge in [-0.3, -0.25) is 14.4 Å². The number of nitrogens with one attached hydrogen (secondary N) is 1. The van der Waals surface area contributed by atoms with Gasteiger partial charge in [0, 0.05) is 5.69 Å². The molecule has 0 fully saturated rings. The van der Waals surface area contributed by atoms with E-state index in [1.807, 2.05) is 26.0 Å². The Morgan fingerprint density at radius 2 is 1.43 bits per heavy atom. The zero-order chi connectivity index (χ0) is 21.6. The van der Waals surface area contributed by atoms with E-state index in [0.29, 0.717) is 5.69 Å². The van der Waals surface area contributed by atoms with E-state index < -0.39 is 17.7 Å². The second kappa shape index (κ2) is 7.59. The SMILES string of the molecule is Cc1ccc(NC(=O)c2ccccc2N2C(=O)c3cc(Cl)c(Cl)cc3C2=O)cc1C. The van der Waals surface area contributed by atoms with Gasteiger partial charge >= 0.3 is 0 Å². The van der Waals surface area contributed by atoms with E-state index in [0.717, 1.165) is 16.0 Å². The lowest BCUT2D eigenvalue weighted by molar-refractivity contribution is 0.0926. The topological polar surface area (TPSA) is 66.5 Å². The molecule has 3 aromatic rings. The van der Waals surface area contributed by atoms with Crippen LogP contribution < -0.4 is 10.2 Å². The van der Waals surface area contributed by atoms with Gasteiger partial charge in [-0.05, 0) is 61.4 Å². The van der Waals surface area contributed by atoms with Gasteiger partial charge in [0.15, 0.2) is 0 Å². The summed E-state index contributed by atoms with van der Waals surface area (Å²) in [5.41, 5.74) is 3.46. The van der Waals surface area contributed by atoms with Crippen LogP contribution in [0.25, 0.3) is 0 Å². The Balaban J connectivity index is 1.72. The van der Waals surface area contributed by atoms with Gasteiger partial charge in [-0.25, -0.2) is 4.90 Å². The quantitative estimate of drug-likeness (QED) is 0.536. The smallest absolute Gasteiger partial charge is 0.266 e. The molecule has 0 saturated carbocycles. The number of aryl methyl sites for hydroxylation is 2. The third kappa shape index (κ3) is 3.36. The van der Waals surface area contributed by atoms with Gasteiger partial charge < -0.3 is 5.32 Å². The number of hydrogen-bond donors (Lipinski definition) is 1. The van der Waals surface area contributed by atoms with Crippen LogP contribution >= 0.6 is 23.2 Å². The van der Waals surface area contributed by atoms with Crippen LogP contribution in [0.4, 0.5) is 11.4 Å². The Morgan fingerprint density at radius 1 is 0.833 bits per heavy atom. The first kappa shape index (κ1) is 20.1. The maximum Gasteiger partial charge on any atom is 0.266 e. The largest absolute Gasteiger partial charge is 0.322 e. The molecule has 3 amide bonds. The molecule has 0 unspecified atom stereocenters. The molecule has 0 bridgehead atoms. The van der Waals surface area contributed by atoms with Gasteiger partial charge in [-0.2, -0.15) is 0 Å². The van der Waals surface area contributed by atoms with Crippen LogP contribution in [0.1, 0.15) is 42.2 Å². The van der Waals surface area contributed by atoms with Gasteiger partial charge in [0.2, 0.25) is 0 Å². The fraction of sp³-hybridized carbons (Fsp3) is 0.0870. The molecule has 0 atom stereocenters. The minimum absolute atomic E-state index is 0.152. The van der Waals surface area contributed by atoms with Crippen LogP contribution in [-0.4, -0.2) is 17.7 Å². The maximum atomic E-state index is 13.0. The van der Waals surface area contributed by atoms with E-state index in [4.69, 9.17) is 23.2 Å². The first-order valence-corrected chi connectivity index (χ1v) is 9.89. The zero-order valence-corrected chi connectivity index (χ0v) is 17.6. The van der Waals surface area contributed by atoms with Gasteiger partial charge in [-0.15, -0.1) is 0 Å². The molecule has 1 aliphatic rings. The molecule has 150 valence electrons. The number of carbonyl (C=O) groups excluding carboxylic acids is 3. The Kier molecular flexibility index (Phi) is 5.10. The van der Waals surface area contributed by atoms with Crippen LogP contribution in [0.15, 0.2) is 54.6 Å². The Labute approximate surface area is 183 Å². The number of benzene rings is 3. The summed E-state index contributed by atoms with van der Waals surface area (Å²) < 4.78 is 0. The summed E-state index contributed by atoms with van der Waals surface area (Å²) in [5, 5.41) is 3.19. The van der Waals surface area contributed by atoms with E-state index in [1.54, 1.807) is 30.3 Å². The second-order valence-electron chi connectivity index (χ2n) is 7.03. The van der Waals surface area contributed by atoms with Gasteiger partial charge in [0.1, 0.15) is 0 Å². The first-order valence-electron chi connectivity index (χ1n) is 9.13. The predicted molar refractivity (Wildman–Crippen MR) is 118 cm³/mol. The molecular weight excluding hydrogens is 423 g/mol. The molecular formula is C23H16Cl2N2O3. The fourth-order valence-electron chi connectivity index (χ4n) is 3.33. The first-order chi connectivity index (χ1) is 14.3. The van der Waals surface area contributed by atoms with Crippen molar-refractivity contribution in [3.05, 3.63) is 92.5 Å². The lowest BCUT2D eigenvalue weighted by Gasteiger charge is -2.18. The van der Waals surface area contributed by atoms with E-state index in [1.165, 1.54) is 12.1 Å². The highest BCUT2D eigenvalue weighted by molar-refractivity contribution is 6.44. The Morgan fingerprint density at radius 3 is 2.03 bits per heavy atom. The molecule has 1 heterocycles. The number of rotatable bonds is 3. The highest BCUT2D eigenvalue weighted by Crippen LogP contribution is 2.35. The van der Waals surface area contributed by atoms with E-state index in [9.17, 15) is 14.4 Å². The van der Waals surface area contributed by atoms with Crippen molar-refractivity contribution in [2.45, 2.75) is 13.8 Å². The molecule has 30 heavy (non-hydrogen) atoms. The highest BCUT2D eigenvalue weighted by atomic mass is 35.5. The van der Waals surface area contributed by atoms with E-state index in [-0.39, 0.29) is 32.4 Å². The lowest BCUT2D eigenvalue weighted by Crippen LogP contribution is -2.31. The van der Waals surface area contributed by atoms with Crippen molar-refractivity contribution in [1.82, 2.24) is 0 Å².